The van der Waals surface area contributed by atoms with Gasteiger partial charge in [0.1, 0.15) is 0 Å². The van der Waals surface area contributed by atoms with E-state index in [0.29, 0.717) is 11.4 Å². The van der Waals surface area contributed by atoms with Crippen LogP contribution >= 0.6 is 11.6 Å². The van der Waals surface area contributed by atoms with Crippen LogP contribution in [-0.4, -0.2) is 47.2 Å². The van der Waals surface area contributed by atoms with Crippen LogP contribution in [0.25, 0.3) is 11.1 Å². The van der Waals surface area contributed by atoms with Crippen molar-refractivity contribution in [3.05, 3.63) is 95.0 Å². The fourth-order valence-electron chi connectivity index (χ4n) is 5.55. The topological polar surface area (TPSA) is 130 Å². The SMILES string of the molecule is COC(=O)C1C(C(=O)O)C(C(=O)N[C@@H](C)[C@H](Cc2ccc(Cl)cc2)c2ccc(-c3ccccc3)cc2)C1C(=O)O. The third kappa shape index (κ3) is 6.02. The van der Waals surface area contributed by atoms with Gasteiger partial charge >= 0.3 is 17.9 Å². The van der Waals surface area contributed by atoms with Crippen LogP contribution in [0, 0.1) is 23.7 Å². The van der Waals surface area contributed by atoms with E-state index in [-0.39, 0.29) is 5.92 Å². The number of amides is 1. The standard InChI is InChI=1S/C31H30ClNO7/c1-17(33-28(34)24-25(29(35)36)27(31(39)40-2)26(24)30(37)38)23(16-18-8-14-22(32)15-9-18)21-12-10-20(11-13-21)19-6-4-3-5-7-19/h3-15,17,23-27H,16H2,1-2H3,(H,33,34)(H,35,36)(H,37,38)/t17-,23-,24?,25?,26?,27?/m0/s1. The van der Waals surface area contributed by atoms with E-state index >= 15 is 0 Å². The van der Waals surface area contributed by atoms with Crippen molar-refractivity contribution in [1.29, 1.82) is 0 Å². The number of hydrogen-bond donors (Lipinski definition) is 3. The lowest BCUT2D eigenvalue weighted by atomic mass is 9.56. The molecule has 1 saturated carbocycles. The molecule has 0 saturated heterocycles. The first-order valence-electron chi connectivity index (χ1n) is 12.9. The van der Waals surface area contributed by atoms with E-state index in [1.54, 1.807) is 19.1 Å². The molecule has 1 aliphatic rings. The number of methoxy groups -OCH3 is 1. The van der Waals surface area contributed by atoms with E-state index < -0.39 is 53.5 Å². The van der Waals surface area contributed by atoms with Crippen molar-refractivity contribution in [1.82, 2.24) is 5.32 Å². The zero-order valence-corrected chi connectivity index (χ0v) is 22.7. The van der Waals surface area contributed by atoms with Crippen LogP contribution in [0.2, 0.25) is 5.02 Å². The largest absolute Gasteiger partial charge is 0.481 e. The summed E-state index contributed by atoms with van der Waals surface area (Å²) in [5.74, 6) is -10.6. The van der Waals surface area contributed by atoms with Gasteiger partial charge in [-0.1, -0.05) is 78.3 Å². The molecule has 208 valence electrons. The van der Waals surface area contributed by atoms with Crippen LogP contribution in [0.1, 0.15) is 24.0 Å². The maximum Gasteiger partial charge on any atom is 0.310 e. The monoisotopic (exact) mass is 563 g/mol. The molecular weight excluding hydrogens is 534 g/mol. The molecule has 3 N–H and O–H groups in total. The molecule has 40 heavy (non-hydrogen) atoms. The Balaban J connectivity index is 1.61. The van der Waals surface area contributed by atoms with Gasteiger partial charge in [0.05, 0.1) is 30.8 Å². The number of carbonyl (C=O) groups is 4. The highest BCUT2D eigenvalue weighted by Crippen LogP contribution is 2.47. The van der Waals surface area contributed by atoms with E-state index in [0.717, 1.165) is 29.4 Å². The van der Waals surface area contributed by atoms with Gasteiger partial charge in [-0.3, -0.25) is 19.2 Å². The molecule has 0 spiro atoms. The van der Waals surface area contributed by atoms with E-state index in [9.17, 15) is 29.4 Å². The highest BCUT2D eigenvalue weighted by Gasteiger charge is 2.64. The molecule has 0 heterocycles. The maximum absolute atomic E-state index is 13.4. The number of rotatable bonds is 10. The van der Waals surface area contributed by atoms with E-state index in [1.807, 2.05) is 66.7 Å². The zero-order valence-electron chi connectivity index (χ0n) is 22.0. The number of halogens is 1. The lowest BCUT2D eigenvalue weighted by Crippen LogP contribution is -2.63. The number of carboxylic acids is 2. The third-order valence-corrected chi connectivity index (χ3v) is 7.93. The minimum Gasteiger partial charge on any atom is -0.481 e. The van der Waals surface area contributed by atoms with Gasteiger partial charge in [0.2, 0.25) is 5.91 Å². The minimum absolute atomic E-state index is 0.238. The van der Waals surface area contributed by atoms with Gasteiger partial charge in [-0.2, -0.15) is 0 Å². The number of carboxylic acid groups (broad SMARTS) is 2. The smallest absolute Gasteiger partial charge is 0.310 e. The Morgan fingerprint density at radius 3 is 1.88 bits per heavy atom. The van der Waals surface area contributed by atoms with Crippen LogP contribution in [0.4, 0.5) is 0 Å². The van der Waals surface area contributed by atoms with Gasteiger partial charge in [0, 0.05) is 17.0 Å². The molecule has 1 amide bonds. The van der Waals surface area contributed by atoms with Crippen LogP contribution < -0.4 is 5.32 Å². The average molecular weight is 564 g/mol. The highest BCUT2D eigenvalue weighted by molar-refractivity contribution is 6.30. The fraction of sp³-hybridized carbons (Fsp3) is 0.290. The average Bonchev–Trinajstić information content (AvgIpc) is 2.92. The summed E-state index contributed by atoms with van der Waals surface area (Å²) < 4.78 is 4.63. The molecular formula is C31H30ClNO7. The molecule has 4 atom stereocenters. The second-order valence-electron chi connectivity index (χ2n) is 10.0. The Bertz CT molecular complexity index is 1350. The molecule has 1 aliphatic carbocycles. The molecule has 8 nitrogen and oxygen atoms in total. The molecule has 0 bridgehead atoms. The fourth-order valence-corrected chi connectivity index (χ4v) is 5.68. The minimum atomic E-state index is -1.50. The maximum atomic E-state index is 13.4. The van der Waals surface area contributed by atoms with Crippen molar-refractivity contribution in [3.63, 3.8) is 0 Å². The van der Waals surface area contributed by atoms with Gasteiger partial charge in [-0.05, 0) is 47.7 Å². The van der Waals surface area contributed by atoms with Crippen molar-refractivity contribution in [2.75, 3.05) is 7.11 Å². The zero-order chi connectivity index (χ0) is 29.0. The van der Waals surface area contributed by atoms with Crippen molar-refractivity contribution < 1.29 is 34.1 Å². The quantitative estimate of drug-likeness (QED) is 0.306. The summed E-state index contributed by atoms with van der Waals surface area (Å²) in [5.41, 5.74) is 4.01. The van der Waals surface area contributed by atoms with Crippen LogP contribution in [0.5, 0.6) is 0 Å². The Hall–Kier alpha value is -4.17. The number of ether oxygens (including phenoxy) is 1. The summed E-state index contributed by atoms with van der Waals surface area (Å²) in [6, 6.07) is 24.7. The lowest BCUT2D eigenvalue weighted by Gasteiger charge is -2.45. The molecule has 0 aliphatic heterocycles. The number of hydrogen-bond acceptors (Lipinski definition) is 5. The van der Waals surface area contributed by atoms with Gasteiger partial charge in [-0.25, -0.2) is 0 Å². The van der Waals surface area contributed by atoms with Gasteiger partial charge < -0.3 is 20.3 Å². The molecule has 0 aromatic heterocycles. The number of nitrogens with one attached hydrogen (secondary N) is 1. The Labute approximate surface area is 236 Å². The summed E-state index contributed by atoms with van der Waals surface area (Å²) in [5, 5.41) is 22.9. The Kier molecular flexibility index (Phi) is 8.90. The van der Waals surface area contributed by atoms with Crippen LogP contribution in [-0.2, 0) is 30.3 Å². The number of benzene rings is 3. The first kappa shape index (κ1) is 28.8. The summed E-state index contributed by atoms with van der Waals surface area (Å²) in [7, 11) is 1.06. The molecule has 2 unspecified atom stereocenters. The van der Waals surface area contributed by atoms with Crippen molar-refractivity contribution >= 4 is 35.4 Å². The molecule has 3 aromatic rings. The first-order valence-corrected chi connectivity index (χ1v) is 13.2. The predicted octanol–water partition coefficient (Wildman–Crippen LogP) is 4.66. The molecule has 4 rings (SSSR count). The van der Waals surface area contributed by atoms with Crippen LogP contribution in [0.15, 0.2) is 78.9 Å². The molecule has 9 heteroatoms. The van der Waals surface area contributed by atoms with E-state index in [1.165, 1.54) is 0 Å². The second kappa shape index (κ2) is 12.3. The Morgan fingerprint density at radius 1 is 0.800 bits per heavy atom. The molecule has 0 radical (unpaired) electrons. The molecule has 3 aromatic carbocycles. The van der Waals surface area contributed by atoms with E-state index in [4.69, 9.17) is 11.6 Å². The lowest BCUT2D eigenvalue weighted by molar-refractivity contribution is -0.188. The number of aliphatic carboxylic acids is 2. The van der Waals surface area contributed by atoms with Crippen LogP contribution in [0.3, 0.4) is 0 Å². The van der Waals surface area contributed by atoms with Gasteiger partial charge in [0.25, 0.3) is 0 Å². The summed E-state index contributed by atoms with van der Waals surface area (Å²) in [6.45, 7) is 1.80. The number of carbonyl (C=O) groups excluding carboxylic acids is 2. The normalized spacial score (nSPS) is 21.4. The summed E-state index contributed by atoms with van der Waals surface area (Å²) in [6.07, 6.45) is 0.531. The molecule has 1 fully saturated rings. The second-order valence-corrected chi connectivity index (χ2v) is 10.5. The first-order chi connectivity index (χ1) is 19.1. The Morgan fingerprint density at radius 2 is 1.35 bits per heavy atom. The highest BCUT2D eigenvalue weighted by atomic mass is 35.5. The summed E-state index contributed by atoms with van der Waals surface area (Å²) in [4.78, 5) is 49.5. The predicted molar refractivity (Wildman–Crippen MR) is 149 cm³/mol. The summed E-state index contributed by atoms with van der Waals surface area (Å²) >= 11 is 6.07. The van der Waals surface area contributed by atoms with Crippen molar-refractivity contribution in [2.24, 2.45) is 23.7 Å². The van der Waals surface area contributed by atoms with Crippen molar-refractivity contribution in [2.45, 2.75) is 25.3 Å². The van der Waals surface area contributed by atoms with Gasteiger partial charge in [-0.15, -0.1) is 0 Å². The van der Waals surface area contributed by atoms with Crippen molar-refractivity contribution in [3.8, 4) is 11.1 Å². The number of esters is 1. The van der Waals surface area contributed by atoms with Gasteiger partial charge in [0.15, 0.2) is 0 Å². The third-order valence-electron chi connectivity index (χ3n) is 7.68. The van der Waals surface area contributed by atoms with E-state index in [2.05, 4.69) is 10.1 Å².